The maximum absolute atomic E-state index is 12.1. The van der Waals surface area contributed by atoms with Crippen molar-refractivity contribution in [1.29, 1.82) is 0 Å². The van der Waals surface area contributed by atoms with Gasteiger partial charge in [-0.3, -0.25) is 4.79 Å². The van der Waals surface area contributed by atoms with Crippen LogP contribution in [0.15, 0.2) is 58.1 Å². The summed E-state index contributed by atoms with van der Waals surface area (Å²) in [4.78, 5) is 12.1. The zero-order valence-corrected chi connectivity index (χ0v) is 18.2. The van der Waals surface area contributed by atoms with Gasteiger partial charge in [0.1, 0.15) is 0 Å². The number of halogens is 1. The Morgan fingerprint density at radius 2 is 2.00 bits per heavy atom. The highest BCUT2D eigenvalue weighted by Gasteiger charge is 2.13. The van der Waals surface area contributed by atoms with Gasteiger partial charge in [0, 0.05) is 38.9 Å². The quantitative estimate of drug-likeness (QED) is 0.420. The van der Waals surface area contributed by atoms with Gasteiger partial charge in [0.25, 0.3) is 5.91 Å². The summed E-state index contributed by atoms with van der Waals surface area (Å²) in [5.41, 5.74) is 7.46. The fourth-order valence-corrected chi connectivity index (χ4v) is 3.72. The summed E-state index contributed by atoms with van der Waals surface area (Å²) in [6.07, 6.45) is 1.66. The second-order valence-electron chi connectivity index (χ2n) is 6.86. The van der Waals surface area contributed by atoms with Crippen LogP contribution >= 0.6 is 15.9 Å². The lowest BCUT2D eigenvalue weighted by atomic mass is 10.2. The first-order valence-corrected chi connectivity index (χ1v) is 10.2. The van der Waals surface area contributed by atoms with E-state index in [1.54, 1.807) is 12.3 Å². The largest absolute Gasteiger partial charge is 0.454 e. The van der Waals surface area contributed by atoms with E-state index in [2.05, 4.69) is 48.5 Å². The molecule has 3 aromatic rings. The summed E-state index contributed by atoms with van der Waals surface area (Å²) in [6.45, 7) is 4.38. The molecule has 2 aromatic carbocycles. The van der Waals surface area contributed by atoms with Crippen LogP contribution in [0.3, 0.4) is 0 Å². The molecule has 7 nitrogen and oxygen atoms in total. The van der Waals surface area contributed by atoms with Crippen LogP contribution in [0.5, 0.6) is 11.5 Å². The van der Waals surface area contributed by atoms with E-state index in [-0.39, 0.29) is 19.2 Å². The van der Waals surface area contributed by atoms with Crippen molar-refractivity contribution in [2.75, 3.05) is 18.7 Å². The number of nitrogens with one attached hydrogen (secondary N) is 2. The van der Waals surface area contributed by atoms with Crippen LogP contribution < -0.4 is 20.2 Å². The van der Waals surface area contributed by atoms with Crippen molar-refractivity contribution >= 4 is 33.7 Å². The first-order valence-electron chi connectivity index (χ1n) is 9.41. The monoisotopic (exact) mass is 468 g/mol. The molecule has 1 amide bonds. The van der Waals surface area contributed by atoms with Gasteiger partial charge >= 0.3 is 0 Å². The normalized spacial score (nSPS) is 12.4. The van der Waals surface area contributed by atoms with Crippen molar-refractivity contribution in [3.8, 4) is 17.2 Å². The standard InChI is InChI=1S/C22H21BrN4O3/c1-14-8-16(15(2)27(14)19-5-3-4-17(23)9-19)11-25-26-22(28)12-24-18-6-7-20-21(10-18)30-13-29-20/h3-11,24H,12-13H2,1-2H3,(H,26,28)/b25-11-. The first kappa shape index (κ1) is 20.0. The molecule has 0 bridgehead atoms. The molecule has 8 heteroatoms. The molecule has 0 radical (unpaired) electrons. The fourth-order valence-electron chi connectivity index (χ4n) is 3.33. The van der Waals surface area contributed by atoms with Crippen molar-refractivity contribution in [1.82, 2.24) is 9.99 Å². The van der Waals surface area contributed by atoms with Gasteiger partial charge in [-0.15, -0.1) is 0 Å². The van der Waals surface area contributed by atoms with E-state index in [4.69, 9.17) is 9.47 Å². The van der Waals surface area contributed by atoms with Gasteiger partial charge in [0.2, 0.25) is 6.79 Å². The van der Waals surface area contributed by atoms with Crippen LogP contribution in [0.2, 0.25) is 0 Å². The van der Waals surface area contributed by atoms with Crippen LogP contribution in [0.4, 0.5) is 5.69 Å². The number of amides is 1. The minimum absolute atomic E-state index is 0.0913. The molecule has 0 fully saturated rings. The molecule has 1 aliphatic rings. The Morgan fingerprint density at radius 1 is 1.17 bits per heavy atom. The Kier molecular flexibility index (Phi) is 5.76. The molecule has 2 heterocycles. The molecule has 30 heavy (non-hydrogen) atoms. The summed E-state index contributed by atoms with van der Waals surface area (Å²) in [5, 5.41) is 7.15. The number of benzene rings is 2. The number of hydrazone groups is 1. The highest BCUT2D eigenvalue weighted by molar-refractivity contribution is 9.10. The molecule has 0 atom stereocenters. The van der Waals surface area contributed by atoms with Gasteiger partial charge in [-0.25, -0.2) is 5.43 Å². The zero-order chi connectivity index (χ0) is 21.1. The van der Waals surface area contributed by atoms with Gasteiger partial charge in [0.05, 0.1) is 12.8 Å². The van der Waals surface area contributed by atoms with Gasteiger partial charge in [-0.05, 0) is 50.2 Å². The summed E-state index contributed by atoms with van der Waals surface area (Å²) < 4.78 is 13.8. The number of carbonyl (C=O) groups excluding carboxylic acids is 1. The average Bonchev–Trinajstić information content (AvgIpc) is 3.30. The first-order chi connectivity index (χ1) is 14.5. The van der Waals surface area contributed by atoms with Crippen LogP contribution in [-0.2, 0) is 4.79 Å². The Morgan fingerprint density at radius 3 is 2.83 bits per heavy atom. The second kappa shape index (κ2) is 8.62. The minimum atomic E-state index is -0.246. The fraction of sp³-hybridized carbons (Fsp3) is 0.182. The maximum atomic E-state index is 12.1. The van der Waals surface area contributed by atoms with Crippen molar-refractivity contribution < 1.29 is 14.3 Å². The van der Waals surface area contributed by atoms with Gasteiger partial charge in [0.15, 0.2) is 11.5 Å². The lowest BCUT2D eigenvalue weighted by Crippen LogP contribution is -2.25. The molecular formula is C22H21BrN4O3. The summed E-state index contributed by atoms with van der Waals surface area (Å²) >= 11 is 3.51. The number of rotatable bonds is 6. The van der Waals surface area contributed by atoms with E-state index in [0.717, 1.165) is 32.8 Å². The van der Waals surface area contributed by atoms with Crippen LogP contribution in [0.1, 0.15) is 17.0 Å². The molecule has 1 aromatic heterocycles. The Hall–Kier alpha value is -3.26. The summed E-state index contributed by atoms with van der Waals surface area (Å²) in [6, 6.07) is 15.6. The molecular weight excluding hydrogens is 448 g/mol. The van der Waals surface area contributed by atoms with Crippen molar-refractivity contribution in [2.45, 2.75) is 13.8 Å². The van der Waals surface area contributed by atoms with Crippen molar-refractivity contribution in [3.05, 3.63) is 70.0 Å². The number of anilines is 1. The van der Waals surface area contributed by atoms with Crippen LogP contribution in [0.25, 0.3) is 5.69 Å². The zero-order valence-electron chi connectivity index (χ0n) is 16.6. The van der Waals surface area contributed by atoms with E-state index >= 15 is 0 Å². The topological polar surface area (TPSA) is 76.9 Å². The number of fused-ring (bicyclic) bond motifs is 1. The predicted octanol–water partition coefficient (Wildman–Crippen LogP) is 4.15. The van der Waals surface area contributed by atoms with E-state index < -0.39 is 0 Å². The smallest absolute Gasteiger partial charge is 0.259 e. The van der Waals surface area contributed by atoms with E-state index in [1.807, 2.05) is 44.2 Å². The molecule has 0 unspecified atom stereocenters. The van der Waals surface area contributed by atoms with Gasteiger partial charge in [-0.1, -0.05) is 22.0 Å². The average molecular weight is 469 g/mol. The molecule has 0 saturated carbocycles. The van der Waals surface area contributed by atoms with E-state index in [0.29, 0.717) is 11.5 Å². The number of ether oxygens (including phenoxy) is 2. The Bertz CT molecular complexity index is 1120. The molecule has 4 rings (SSSR count). The van der Waals surface area contributed by atoms with E-state index in [1.165, 1.54) is 0 Å². The molecule has 0 saturated heterocycles. The molecule has 2 N–H and O–H groups in total. The third-order valence-electron chi connectivity index (χ3n) is 4.76. The molecule has 0 spiro atoms. The molecule has 154 valence electrons. The Balaban J connectivity index is 1.36. The third kappa shape index (κ3) is 4.33. The predicted molar refractivity (Wildman–Crippen MR) is 120 cm³/mol. The number of aryl methyl sites for hydroxylation is 1. The number of hydrogen-bond acceptors (Lipinski definition) is 5. The lowest BCUT2D eigenvalue weighted by Gasteiger charge is -2.09. The highest BCUT2D eigenvalue weighted by atomic mass is 79.9. The van der Waals surface area contributed by atoms with Crippen LogP contribution in [-0.4, -0.2) is 30.0 Å². The number of carbonyl (C=O) groups is 1. The van der Waals surface area contributed by atoms with E-state index in [9.17, 15) is 4.79 Å². The lowest BCUT2D eigenvalue weighted by molar-refractivity contribution is -0.119. The maximum Gasteiger partial charge on any atom is 0.259 e. The Labute approximate surface area is 182 Å². The van der Waals surface area contributed by atoms with Crippen molar-refractivity contribution in [2.24, 2.45) is 5.10 Å². The summed E-state index contributed by atoms with van der Waals surface area (Å²) in [5.74, 6) is 1.12. The molecule has 0 aliphatic carbocycles. The third-order valence-corrected chi connectivity index (χ3v) is 5.25. The number of nitrogens with zero attached hydrogens (tertiary/aromatic N) is 2. The molecule has 1 aliphatic heterocycles. The highest BCUT2D eigenvalue weighted by Crippen LogP contribution is 2.34. The summed E-state index contributed by atoms with van der Waals surface area (Å²) in [7, 11) is 0. The number of aromatic nitrogens is 1. The van der Waals surface area contributed by atoms with Crippen LogP contribution in [0, 0.1) is 13.8 Å². The minimum Gasteiger partial charge on any atom is -0.454 e. The van der Waals surface area contributed by atoms with Crippen molar-refractivity contribution in [3.63, 3.8) is 0 Å². The SMILES string of the molecule is Cc1cc(/C=N\NC(=O)CNc2ccc3c(c2)OCO3)c(C)n1-c1cccc(Br)c1. The van der Waals surface area contributed by atoms with Gasteiger partial charge < -0.3 is 19.4 Å². The second-order valence-corrected chi connectivity index (χ2v) is 7.77. The number of hydrogen-bond donors (Lipinski definition) is 2. The van der Waals surface area contributed by atoms with Gasteiger partial charge in [-0.2, -0.15) is 5.10 Å².